The van der Waals surface area contributed by atoms with Gasteiger partial charge < -0.3 is 4.74 Å². The molecule has 10 nitrogen and oxygen atoms in total. The van der Waals surface area contributed by atoms with E-state index in [4.69, 9.17) is 4.74 Å². The van der Waals surface area contributed by atoms with Gasteiger partial charge in [-0.15, -0.1) is 0 Å². The number of nitro groups is 2. The zero-order valence-corrected chi connectivity index (χ0v) is 18.5. The average Bonchev–Trinajstić information content (AvgIpc) is 2.81. The highest BCUT2D eigenvalue weighted by molar-refractivity contribution is 6.14. The van der Waals surface area contributed by atoms with E-state index >= 15 is 0 Å². The molecule has 1 fully saturated rings. The highest BCUT2D eigenvalue weighted by atomic mass is 16.6. The molecule has 0 N–H and O–H groups in total. The van der Waals surface area contributed by atoms with Gasteiger partial charge in [-0.25, -0.2) is 0 Å². The normalized spacial score (nSPS) is 16.6. The van der Waals surface area contributed by atoms with Gasteiger partial charge in [-0.3, -0.25) is 34.7 Å². The molecule has 0 radical (unpaired) electrons. The van der Waals surface area contributed by atoms with Crippen molar-refractivity contribution in [3.8, 4) is 0 Å². The summed E-state index contributed by atoms with van der Waals surface area (Å²) in [6.45, 7) is 2.99. The van der Waals surface area contributed by atoms with Crippen molar-refractivity contribution < 1.29 is 24.2 Å². The molecule has 1 heterocycles. The molecular formula is C24H23N3O7. The Hall–Kier alpha value is -4.18. The molecule has 3 rings (SSSR count). The number of benzene rings is 2. The SMILES string of the molecule is CCOC(=O)CCN1C/C(=C/c2ccc([N+](=O)[O-])cc2)C(=O)/C(=C/c2ccc([N+](=O)[O-])cc2)C1. The number of hydrogen-bond donors (Lipinski definition) is 0. The predicted octanol–water partition coefficient (Wildman–Crippen LogP) is 3.81. The van der Waals surface area contributed by atoms with Gasteiger partial charge in [0.1, 0.15) is 0 Å². The lowest BCUT2D eigenvalue weighted by molar-refractivity contribution is -0.385. The van der Waals surface area contributed by atoms with Crippen LogP contribution in [0.4, 0.5) is 11.4 Å². The minimum absolute atomic E-state index is 0.0491. The second kappa shape index (κ2) is 11.1. The number of ether oxygens (including phenoxy) is 1. The Balaban J connectivity index is 1.89. The summed E-state index contributed by atoms with van der Waals surface area (Å²) in [5, 5.41) is 21.8. The zero-order valence-electron chi connectivity index (χ0n) is 18.5. The minimum Gasteiger partial charge on any atom is -0.466 e. The molecule has 0 spiro atoms. The summed E-state index contributed by atoms with van der Waals surface area (Å²) in [4.78, 5) is 47.7. The average molecular weight is 465 g/mol. The number of nitro benzene ring substituents is 2. The topological polar surface area (TPSA) is 133 Å². The lowest BCUT2D eigenvalue weighted by Crippen LogP contribution is -2.39. The molecular weight excluding hydrogens is 442 g/mol. The molecule has 1 aliphatic rings. The maximum absolute atomic E-state index is 13.2. The first-order valence-corrected chi connectivity index (χ1v) is 10.6. The second-order valence-electron chi connectivity index (χ2n) is 7.63. The first-order valence-electron chi connectivity index (χ1n) is 10.6. The highest BCUT2D eigenvalue weighted by Gasteiger charge is 2.26. The Morgan fingerprint density at radius 3 is 1.74 bits per heavy atom. The van der Waals surface area contributed by atoms with Crippen LogP contribution in [0.2, 0.25) is 0 Å². The molecule has 0 aliphatic carbocycles. The van der Waals surface area contributed by atoms with Gasteiger partial charge in [0, 0.05) is 55.0 Å². The maximum Gasteiger partial charge on any atom is 0.307 e. The van der Waals surface area contributed by atoms with Crippen LogP contribution in [0.15, 0.2) is 59.7 Å². The number of carbonyl (C=O) groups excluding carboxylic acids is 2. The molecule has 2 aromatic rings. The first-order chi connectivity index (χ1) is 16.3. The number of piperidine rings is 1. The van der Waals surface area contributed by atoms with Crippen molar-refractivity contribution in [2.24, 2.45) is 0 Å². The number of hydrogen-bond acceptors (Lipinski definition) is 8. The fraction of sp³-hybridized carbons (Fsp3) is 0.250. The third-order valence-corrected chi connectivity index (χ3v) is 5.20. The van der Waals surface area contributed by atoms with Crippen LogP contribution in [-0.2, 0) is 14.3 Å². The van der Waals surface area contributed by atoms with Crippen molar-refractivity contribution in [2.75, 3.05) is 26.2 Å². The van der Waals surface area contributed by atoms with Crippen molar-refractivity contribution in [1.29, 1.82) is 0 Å². The van der Waals surface area contributed by atoms with Gasteiger partial charge in [-0.2, -0.15) is 0 Å². The Labute approximate surface area is 195 Å². The maximum atomic E-state index is 13.2. The predicted molar refractivity (Wildman–Crippen MR) is 125 cm³/mol. The largest absolute Gasteiger partial charge is 0.466 e. The van der Waals surface area contributed by atoms with E-state index in [-0.39, 0.29) is 36.2 Å². The highest BCUT2D eigenvalue weighted by Crippen LogP contribution is 2.24. The van der Waals surface area contributed by atoms with Crippen molar-refractivity contribution in [3.05, 3.63) is 91.0 Å². The number of esters is 1. The van der Waals surface area contributed by atoms with E-state index in [9.17, 15) is 29.8 Å². The van der Waals surface area contributed by atoms with Crippen LogP contribution in [0.5, 0.6) is 0 Å². The second-order valence-corrected chi connectivity index (χ2v) is 7.63. The molecule has 0 aromatic heterocycles. The van der Waals surface area contributed by atoms with E-state index in [0.717, 1.165) is 0 Å². The monoisotopic (exact) mass is 465 g/mol. The summed E-state index contributed by atoms with van der Waals surface area (Å²) in [5.74, 6) is -0.523. The van der Waals surface area contributed by atoms with Crippen LogP contribution in [0.25, 0.3) is 12.2 Å². The minimum atomic E-state index is -0.495. The Morgan fingerprint density at radius 2 is 1.35 bits per heavy atom. The summed E-state index contributed by atoms with van der Waals surface area (Å²) < 4.78 is 4.99. The molecule has 2 aromatic carbocycles. The van der Waals surface area contributed by atoms with Crippen LogP contribution in [0, 0.1) is 20.2 Å². The number of ketones is 1. The first kappa shape index (κ1) is 24.5. The fourth-order valence-corrected chi connectivity index (χ4v) is 3.54. The molecule has 1 saturated heterocycles. The van der Waals surface area contributed by atoms with Crippen molar-refractivity contribution in [3.63, 3.8) is 0 Å². The molecule has 0 atom stereocenters. The van der Waals surface area contributed by atoms with Gasteiger partial charge in [0.25, 0.3) is 11.4 Å². The van der Waals surface area contributed by atoms with Crippen LogP contribution < -0.4 is 0 Å². The summed E-state index contributed by atoms with van der Waals surface area (Å²) >= 11 is 0. The third-order valence-electron chi connectivity index (χ3n) is 5.20. The van der Waals surface area contributed by atoms with Gasteiger partial charge in [-0.05, 0) is 54.5 Å². The molecule has 0 unspecified atom stereocenters. The quantitative estimate of drug-likeness (QED) is 0.249. The number of non-ortho nitro benzene ring substituents is 2. The summed E-state index contributed by atoms with van der Waals surface area (Å²) in [5.41, 5.74) is 2.11. The van der Waals surface area contributed by atoms with Crippen molar-refractivity contribution >= 4 is 35.3 Å². The van der Waals surface area contributed by atoms with E-state index in [1.54, 1.807) is 43.3 Å². The summed E-state index contributed by atoms with van der Waals surface area (Å²) in [6.07, 6.45) is 3.51. The number of carbonyl (C=O) groups is 2. The zero-order chi connectivity index (χ0) is 24.7. The van der Waals surface area contributed by atoms with Crippen molar-refractivity contribution in [1.82, 2.24) is 4.90 Å². The molecule has 0 bridgehead atoms. The Bertz CT molecular complexity index is 1070. The van der Waals surface area contributed by atoms with Gasteiger partial charge in [0.05, 0.1) is 22.9 Å². The standard InChI is InChI=1S/C24H23N3O7/c1-2-34-23(28)11-12-25-15-19(13-17-3-7-21(8-4-17)26(30)31)24(29)20(16-25)14-18-5-9-22(10-6-18)27(32)33/h3-10,13-14H,2,11-12,15-16H2,1H3/b19-13-,20-14+. The number of rotatable bonds is 8. The van der Waals surface area contributed by atoms with Crippen LogP contribution in [0.3, 0.4) is 0 Å². The molecule has 176 valence electrons. The van der Waals surface area contributed by atoms with Gasteiger partial charge >= 0.3 is 5.97 Å². The van der Waals surface area contributed by atoms with Gasteiger partial charge in [-0.1, -0.05) is 0 Å². The number of likely N-dealkylation sites (tertiary alicyclic amines) is 1. The lowest BCUT2D eigenvalue weighted by atomic mass is 9.94. The molecule has 34 heavy (non-hydrogen) atoms. The van der Waals surface area contributed by atoms with Crippen LogP contribution in [0.1, 0.15) is 24.5 Å². The van der Waals surface area contributed by atoms with E-state index in [0.29, 0.717) is 41.9 Å². The number of nitrogens with zero attached hydrogens (tertiary/aromatic N) is 3. The van der Waals surface area contributed by atoms with Crippen LogP contribution >= 0.6 is 0 Å². The van der Waals surface area contributed by atoms with E-state index in [2.05, 4.69) is 0 Å². The molecule has 10 heteroatoms. The Kier molecular flexibility index (Phi) is 7.99. The number of Topliss-reactive ketones (excluding diaryl/α,β-unsaturated/α-hetero) is 1. The molecule has 0 amide bonds. The fourth-order valence-electron chi connectivity index (χ4n) is 3.54. The van der Waals surface area contributed by atoms with Crippen molar-refractivity contribution in [2.45, 2.75) is 13.3 Å². The molecule has 0 saturated carbocycles. The van der Waals surface area contributed by atoms with E-state index < -0.39 is 9.85 Å². The van der Waals surface area contributed by atoms with Gasteiger partial charge in [0.2, 0.25) is 0 Å². The van der Waals surface area contributed by atoms with Gasteiger partial charge in [0.15, 0.2) is 5.78 Å². The summed E-state index contributed by atoms with van der Waals surface area (Å²) in [6, 6.07) is 11.7. The molecule has 1 aliphatic heterocycles. The smallest absolute Gasteiger partial charge is 0.307 e. The Morgan fingerprint density at radius 1 is 0.912 bits per heavy atom. The third kappa shape index (κ3) is 6.42. The van der Waals surface area contributed by atoms with Crippen LogP contribution in [-0.4, -0.2) is 52.7 Å². The van der Waals surface area contributed by atoms with E-state index in [1.807, 2.05) is 4.90 Å². The van der Waals surface area contributed by atoms with E-state index in [1.165, 1.54) is 24.3 Å². The lowest BCUT2D eigenvalue weighted by Gasteiger charge is -2.29. The summed E-state index contributed by atoms with van der Waals surface area (Å²) in [7, 11) is 0.